The van der Waals surface area contributed by atoms with E-state index in [1.54, 1.807) is 19.9 Å². The lowest BCUT2D eigenvalue weighted by molar-refractivity contribution is -0.114. The Morgan fingerprint density at radius 2 is 2.15 bits per heavy atom. The molecule has 1 amide bonds. The van der Waals surface area contributed by atoms with Gasteiger partial charge in [-0.15, -0.1) is 0 Å². The van der Waals surface area contributed by atoms with Crippen LogP contribution in [0.15, 0.2) is 10.9 Å². The number of aryl methyl sites for hydroxylation is 2. The predicted octanol–water partition coefficient (Wildman–Crippen LogP) is 1.09. The highest BCUT2D eigenvalue weighted by atomic mass is 16.1. The Labute approximate surface area is 116 Å². The number of anilines is 1. The molecule has 2 heterocycles. The van der Waals surface area contributed by atoms with E-state index in [9.17, 15) is 9.59 Å². The summed E-state index contributed by atoms with van der Waals surface area (Å²) in [5.74, 6) is 0.554. The van der Waals surface area contributed by atoms with Crippen molar-refractivity contribution in [2.24, 2.45) is 0 Å². The van der Waals surface area contributed by atoms with Crippen molar-refractivity contribution < 1.29 is 4.79 Å². The molecule has 0 aliphatic carbocycles. The van der Waals surface area contributed by atoms with E-state index in [1.807, 2.05) is 6.92 Å². The average molecular weight is 275 g/mol. The van der Waals surface area contributed by atoms with E-state index in [0.29, 0.717) is 35.1 Å². The van der Waals surface area contributed by atoms with Gasteiger partial charge in [0.2, 0.25) is 11.9 Å². The molecule has 0 bridgehead atoms. The van der Waals surface area contributed by atoms with Gasteiger partial charge in [0, 0.05) is 24.2 Å². The number of nitrogens with zero attached hydrogens (tertiary/aromatic N) is 3. The number of aromatic nitrogens is 4. The first-order valence-electron chi connectivity index (χ1n) is 6.36. The van der Waals surface area contributed by atoms with E-state index >= 15 is 0 Å². The third-order valence-electron chi connectivity index (χ3n) is 2.90. The number of carbonyl (C=O) groups excluding carboxylic acids is 1. The van der Waals surface area contributed by atoms with E-state index in [1.165, 1.54) is 11.6 Å². The van der Waals surface area contributed by atoms with Crippen molar-refractivity contribution in [1.82, 2.24) is 19.7 Å². The van der Waals surface area contributed by atoms with Crippen molar-refractivity contribution >= 4 is 11.7 Å². The highest BCUT2D eigenvalue weighted by Crippen LogP contribution is 2.14. The molecule has 0 saturated heterocycles. The molecule has 0 unspecified atom stereocenters. The Morgan fingerprint density at radius 3 is 2.70 bits per heavy atom. The van der Waals surface area contributed by atoms with Crippen molar-refractivity contribution in [3.05, 3.63) is 33.4 Å². The third-order valence-corrected chi connectivity index (χ3v) is 2.90. The maximum Gasteiger partial charge on any atom is 0.255 e. The summed E-state index contributed by atoms with van der Waals surface area (Å²) >= 11 is 0. The fourth-order valence-electron chi connectivity index (χ4n) is 2.04. The van der Waals surface area contributed by atoms with Gasteiger partial charge in [-0.25, -0.2) is 4.98 Å². The molecule has 7 nitrogen and oxygen atoms in total. The van der Waals surface area contributed by atoms with Gasteiger partial charge in [-0.3, -0.25) is 14.6 Å². The number of H-pyrrole nitrogens is 1. The second-order valence-electron chi connectivity index (χ2n) is 4.57. The van der Waals surface area contributed by atoms with E-state index in [4.69, 9.17) is 0 Å². The van der Waals surface area contributed by atoms with Gasteiger partial charge in [-0.1, -0.05) is 6.92 Å². The van der Waals surface area contributed by atoms with Crippen LogP contribution in [0.2, 0.25) is 0 Å². The van der Waals surface area contributed by atoms with Gasteiger partial charge in [0.15, 0.2) is 0 Å². The first-order valence-corrected chi connectivity index (χ1v) is 6.36. The van der Waals surface area contributed by atoms with Crippen molar-refractivity contribution in [3.8, 4) is 5.95 Å². The molecule has 0 aliphatic rings. The van der Waals surface area contributed by atoms with Crippen molar-refractivity contribution in [1.29, 1.82) is 0 Å². The van der Waals surface area contributed by atoms with Crippen LogP contribution in [-0.2, 0) is 11.2 Å². The normalized spacial score (nSPS) is 10.6. The standard InChI is InChI=1S/C13H17N5O2/c1-5-10-8(3)14-13(16-12(10)20)18-11(15-9(4)19)6-7(2)17-18/h6H,5H2,1-4H3,(H,15,19)(H,14,16,20). The number of carbonyl (C=O) groups is 1. The van der Waals surface area contributed by atoms with Gasteiger partial charge < -0.3 is 5.32 Å². The number of nitrogens with one attached hydrogen (secondary N) is 2. The molecule has 0 saturated carbocycles. The van der Waals surface area contributed by atoms with Gasteiger partial charge in [-0.2, -0.15) is 9.78 Å². The van der Waals surface area contributed by atoms with E-state index in [-0.39, 0.29) is 11.5 Å². The van der Waals surface area contributed by atoms with Crippen LogP contribution in [0.1, 0.15) is 30.8 Å². The van der Waals surface area contributed by atoms with Gasteiger partial charge >= 0.3 is 0 Å². The van der Waals surface area contributed by atoms with Crippen LogP contribution in [0, 0.1) is 13.8 Å². The van der Waals surface area contributed by atoms with Gasteiger partial charge in [0.25, 0.3) is 5.56 Å². The van der Waals surface area contributed by atoms with Crippen LogP contribution in [0.4, 0.5) is 5.82 Å². The molecule has 20 heavy (non-hydrogen) atoms. The van der Waals surface area contributed by atoms with Gasteiger partial charge in [-0.05, 0) is 20.3 Å². The molecule has 2 aromatic heterocycles. The minimum atomic E-state index is -0.213. The Morgan fingerprint density at radius 1 is 1.45 bits per heavy atom. The van der Waals surface area contributed by atoms with Crippen LogP contribution in [-0.4, -0.2) is 25.7 Å². The summed E-state index contributed by atoms with van der Waals surface area (Å²) in [6.45, 7) is 6.90. The predicted molar refractivity (Wildman–Crippen MR) is 75.1 cm³/mol. The maximum atomic E-state index is 12.0. The summed E-state index contributed by atoms with van der Waals surface area (Å²) in [7, 11) is 0. The largest absolute Gasteiger partial charge is 0.311 e. The molecule has 0 aromatic carbocycles. The molecular formula is C13H17N5O2. The Hall–Kier alpha value is -2.44. The summed E-state index contributed by atoms with van der Waals surface area (Å²) in [6.07, 6.45) is 0.616. The Balaban J connectivity index is 2.57. The molecule has 0 aliphatic heterocycles. The molecule has 0 radical (unpaired) electrons. The molecule has 106 valence electrons. The smallest absolute Gasteiger partial charge is 0.255 e. The Bertz CT molecular complexity index is 714. The zero-order valence-corrected chi connectivity index (χ0v) is 11.9. The van der Waals surface area contributed by atoms with Crippen LogP contribution in [0.25, 0.3) is 5.95 Å². The molecular weight excluding hydrogens is 258 g/mol. The van der Waals surface area contributed by atoms with Crippen molar-refractivity contribution in [3.63, 3.8) is 0 Å². The van der Waals surface area contributed by atoms with E-state index < -0.39 is 0 Å². The first-order chi connectivity index (χ1) is 9.42. The zero-order chi connectivity index (χ0) is 14.9. The molecule has 0 atom stereocenters. The number of hydrogen-bond donors (Lipinski definition) is 2. The summed E-state index contributed by atoms with van der Waals surface area (Å²) in [5, 5.41) is 6.90. The lowest BCUT2D eigenvalue weighted by Gasteiger charge is -2.08. The molecule has 0 fully saturated rings. The zero-order valence-electron chi connectivity index (χ0n) is 11.9. The van der Waals surface area contributed by atoms with Crippen LogP contribution in [0.3, 0.4) is 0 Å². The van der Waals surface area contributed by atoms with Crippen molar-refractivity contribution in [2.75, 3.05) is 5.32 Å². The molecule has 7 heteroatoms. The highest BCUT2D eigenvalue weighted by molar-refractivity contribution is 5.88. The monoisotopic (exact) mass is 275 g/mol. The van der Waals surface area contributed by atoms with Crippen LogP contribution < -0.4 is 10.9 Å². The lowest BCUT2D eigenvalue weighted by atomic mass is 10.2. The second kappa shape index (κ2) is 5.28. The summed E-state index contributed by atoms with van der Waals surface area (Å²) in [4.78, 5) is 30.2. The summed E-state index contributed by atoms with van der Waals surface area (Å²) < 4.78 is 1.42. The fraction of sp³-hybridized carbons (Fsp3) is 0.385. The van der Waals surface area contributed by atoms with Crippen LogP contribution in [0.5, 0.6) is 0 Å². The molecule has 2 N–H and O–H groups in total. The molecule has 0 spiro atoms. The third kappa shape index (κ3) is 2.61. The molecule has 2 aromatic rings. The fourth-order valence-corrected chi connectivity index (χ4v) is 2.04. The van der Waals surface area contributed by atoms with Gasteiger partial charge in [0.1, 0.15) is 5.82 Å². The van der Waals surface area contributed by atoms with Crippen LogP contribution >= 0.6 is 0 Å². The number of hydrogen-bond acceptors (Lipinski definition) is 4. The number of amides is 1. The molecule has 2 rings (SSSR count). The summed E-state index contributed by atoms with van der Waals surface area (Å²) in [5.41, 5.74) is 1.84. The topological polar surface area (TPSA) is 92.7 Å². The quantitative estimate of drug-likeness (QED) is 0.877. The average Bonchev–Trinajstić information content (AvgIpc) is 2.68. The minimum Gasteiger partial charge on any atom is -0.311 e. The SMILES string of the molecule is CCc1c(C)nc(-n2nc(C)cc2NC(C)=O)[nH]c1=O. The lowest BCUT2D eigenvalue weighted by Crippen LogP contribution is -2.21. The second-order valence-corrected chi connectivity index (χ2v) is 4.57. The van der Waals surface area contributed by atoms with Gasteiger partial charge in [0.05, 0.1) is 5.69 Å². The van der Waals surface area contributed by atoms with E-state index in [0.717, 1.165) is 0 Å². The summed E-state index contributed by atoms with van der Waals surface area (Å²) in [6, 6.07) is 1.71. The minimum absolute atomic E-state index is 0.183. The van der Waals surface area contributed by atoms with E-state index in [2.05, 4.69) is 20.4 Å². The Kier molecular flexibility index (Phi) is 3.69. The maximum absolute atomic E-state index is 12.0. The van der Waals surface area contributed by atoms with Crippen molar-refractivity contribution in [2.45, 2.75) is 34.1 Å². The highest BCUT2D eigenvalue weighted by Gasteiger charge is 2.13. The number of aromatic amines is 1. The first kappa shape index (κ1) is 14.0. The number of rotatable bonds is 3.